The van der Waals surface area contributed by atoms with Crippen molar-refractivity contribution < 1.29 is 28.6 Å². The van der Waals surface area contributed by atoms with Gasteiger partial charge in [0.25, 0.3) is 11.1 Å². The highest BCUT2D eigenvalue weighted by atomic mass is 35.5. The molecule has 2 amide bonds. The molecule has 3 aromatic rings. The number of imide groups is 1. The van der Waals surface area contributed by atoms with Gasteiger partial charge in [-0.1, -0.05) is 35.3 Å². The molecule has 0 saturated carbocycles. The van der Waals surface area contributed by atoms with Crippen LogP contribution in [0.15, 0.2) is 71.6 Å². The lowest BCUT2D eigenvalue weighted by Crippen LogP contribution is -2.32. The number of esters is 1. The summed E-state index contributed by atoms with van der Waals surface area (Å²) in [6.07, 6.45) is 1.50. The number of nitrogens with zero attached hydrogens (tertiary/aromatic N) is 1. The fourth-order valence-corrected chi connectivity index (χ4v) is 4.38. The molecular formula is C26H19Cl2NO6S. The number of amides is 2. The summed E-state index contributed by atoms with van der Waals surface area (Å²) in [5, 5.41) is 0.640. The first kappa shape index (κ1) is 25.6. The third-order valence-electron chi connectivity index (χ3n) is 5.06. The summed E-state index contributed by atoms with van der Waals surface area (Å²) in [5.74, 6) is -0.106. The van der Waals surface area contributed by atoms with E-state index in [0.717, 1.165) is 16.7 Å². The molecule has 4 rings (SSSR count). The van der Waals surface area contributed by atoms with Crippen molar-refractivity contribution in [2.45, 2.75) is 0 Å². The number of hydrogen-bond donors (Lipinski definition) is 0. The Labute approximate surface area is 221 Å². The van der Waals surface area contributed by atoms with Crippen LogP contribution in [0, 0.1) is 0 Å². The first-order chi connectivity index (χ1) is 17.4. The maximum atomic E-state index is 12.9. The van der Waals surface area contributed by atoms with E-state index in [1.807, 2.05) is 0 Å². The Hall–Kier alpha value is -3.46. The Balaban J connectivity index is 1.50. The van der Waals surface area contributed by atoms with Crippen molar-refractivity contribution in [1.29, 1.82) is 0 Å². The van der Waals surface area contributed by atoms with Gasteiger partial charge >= 0.3 is 5.97 Å². The minimum absolute atomic E-state index is 0.0706. The van der Waals surface area contributed by atoms with Crippen LogP contribution in [0.3, 0.4) is 0 Å². The average molecular weight is 544 g/mol. The monoisotopic (exact) mass is 543 g/mol. The molecule has 1 heterocycles. The lowest BCUT2D eigenvalue weighted by Gasteiger charge is -2.14. The first-order valence-corrected chi connectivity index (χ1v) is 12.2. The standard InChI is InChI=1S/C26H19Cl2NO6S/c1-33-21-4-2-3-17(23(21)35-25(31)16-5-7-18(27)8-6-16)15-22-24(30)29(26(32)36-22)13-14-34-20-11-9-19(28)10-12-20/h2-12,15H,13-14H2,1H3/b22-15-. The Bertz CT molecular complexity index is 1330. The van der Waals surface area contributed by atoms with E-state index in [1.165, 1.54) is 25.3 Å². The molecule has 36 heavy (non-hydrogen) atoms. The minimum atomic E-state index is -0.627. The van der Waals surface area contributed by atoms with Crippen LogP contribution in [-0.4, -0.2) is 42.3 Å². The molecule has 1 saturated heterocycles. The number of methoxy groups -OCH3 is 1. The van der Waals surface area contributed by atoms with E-state index in [4.69, 9.17) is 37.4 Å². The van der Waals surface area contributed by atoms with Gasteiger partial charge in [-0.05, 0) is 72.4 Å². The predicted octanol–water partition coefficient (Wildman–Crippen LogP) is 6.34. The van der Waals surface area contributed by atoms with E-state index in [1.54, 1.807) is 54.6 Å². The normalized spacial score (nSPS) is 14.3. The highest BCUT2D eigenvalue weighted by molar-refractivity contribution is 8.18. The molecule has 0 unspecified atom stereocenters. The molecule has 0 aromatic heterocycles. The molecule has 0 spiro atoms. The van der Waals surface area contributed by atoms with Gasteiger partial charge < -0.3 is 14.2 Å². The number of carbonyl (C=O) groups is 3. The Morgan fingerprint density at radius 2 is 1.64 bits per heavy atom. The number of halogens is 2. The molecule has 0 aliphatic carbocycles. The second kappa shape index (κ2) is 11.5. The van der Waals surface area contributed by atoms with Crippen LogP contribution in [0.2, 0.25) is 10.0 Å². The van der Waals surface area contributed by atoms with E-state index in [9.17, 15) is 14.4 Å². The number of ether oxygens (including phenoxy) is 3. The van der Waals surface area contributed by atoms with Gasteiger partial charge in [0.1, 0.15) is 12.4 Å². The van der Waals surface area contributed by atoms with Crippen LogP contribution in [0.25, 0.3) is 6.08 Å². The van der Waals surface area contributed by atoms with Crippen molar-refractivity contribution in [2.75, 3.05) is 20.3 Å². The van der Waals surface area contributed by atoms with E-state index in [0.29, 0.717) is 27.1 Å². The lowest BCUT2D eigenvalue weighted by atomic mass is 10.1. The Morgan fingerprint density at radius 1 is 0.972 bits per heavy atom. The molecule has 0 N–H and O–H groups in total. The van der Waals surface area contributed by atoms with Crippen molar-refractivity contribution in [3.63, 3.8) is 0 Å². The van der Waals surface area contributed by atoms with Crippen LogP contribution in [0.5, 0.6) is 17.2 Å². The summed E-state index contributed by atoms with van der Waals surface area (Å²) in [5.41, 5.74) is 0.692. The summed E-state index contributed by atoms with van der Waals surface area (Å²) in [6.45, 7) is 0.192. The van der Waals surface area contributed by atoms with Crippen LogP contribution < -0.4 is 14.2 Å². The highest BCUT2D eigenvalue weighted by Gasteiger charge is 2.35. The Kier molecular flexibility index (Phi) is 8.20. The van der Waals surface area contributed by atoms with E-state index in [2.05, 4.69) is 0 Å². The number of rotatable bonds is 8. The van der Waals surface area contributed by atoms with Crippen molar-refractivity contribution in [3.05, 3.63) is 92.8 Å². The summed E-state index contributed by atoms with van der Waals surface area (Å²) >= 11 is 12.5. The van der Waals surface area contributed by atoms with E-state index >= 15 is 0 Å². The van der Waals surface area contributed by atoms with Gasteiger partial charge in [-0.15, -0.1) is 0 Å². The molecule has 0 atom stereocenters. The Morgan fingerprint density at radius 3 is 2.31 bits per heavy atom. The maximum absolute atomic E-state index is 12.9. The van der Waals surface area contributed by atoms with Crippen LogP contribution >= 0.6 is 35.0 Å². The van der Waals surface area contributed by atoms with Gasteiger partial charge in [0.05, 0.1) is 24.1 Å². The van der Waals surface area contributed by atoms with Crippen LogP contribution in [0.1, 0.15) is 15.9 Å². The first-order valence-electron chi connectivity index (χ1n) is 10.6. The maximum Gasteiger partial charge on any atom is 0.343 e. The summed E-state index contributed by atoms with van der Waals surface area (Å²) in [6, 6.07) is 18.0. The topological polar surface area (TPSA) is 82.1 Å². The molecule has 7 nitrogen and oxygen atoms in total. The van der Waals surface area contributed by atoms with E-state index in [-0.39, 0.29) is 29.4 Å². The number of thioether (sulfide) groups is 1. The number of carbonyl (C=O) groups excluding carboxylic acids is 3. The molecule has 10 heteroatoms. The minimum Gasteiger partial charge on any atom is -0.493 e. The van der Waals surface area contributed by atoms with Crippen molar-refractivity contribution in [3.8, 4) is 17.2 Å². The zero-order valence-corrected chi connectivity index (χ0v) is 21.2. The fourth-order valence-electron chi connectivity index (χ4n) is 3.27. The number of para-hydroxylation sites is 1. The summed E-state index contributed by atoms with van der Waals surface area (Å²) in [4.78, 5) is 39.4. The largest absolute Gasteiger partial charge is 0.493 e. The van der Waals surface area contributed by atoms with Gasteiger partial charge in [-0.25, -0.2) is 4.79 Å². The van der Waals surface area contributed by atoms with Gasteiger partial charge in [-0.2, -0.15) is 0 Å². The second-order valence-electron chi connectivity index (χ2n) is 7.41. The van der Waals surface area contributed by atoms with Crippen molar-refractivity contribution in [1.82, 2.24) is 4.90 Å². The molecule has 0 bridgehead atoms. The molecule has 0 radical (unpaired) electrons. The highest BCUT2D eigenvalue weighted by Crippen LogP contribution is 2.37. The third kappa shape index (κ3) is 6.02. The quantitative estimate of drug-likeness (QED) is 0.186. The zero-order valence-electron chi connectivity index (χ0n) is 18.9. The summed E-state index contributed by atoms with van der Waals surface area (Å²) < 4.78 is 16.6. The zero-order chi connectivity index (χ0) is 25.7. The van der Waals surface area contributed by atoms with Crippen molar-refractivity contribution >= 4 is 58.2 Å². The smallest absolute Gasteiger partial charge is 0.343 e. The number of hydrogen-bond acceptors (Lipinski definition) is 7. The summed E-state index contributed by atoms with van der Waals surface area (Å²) in [7, 11) is 1.44. The number of benzene rings is 3. The van der Waals surface area contributed by atoms with Crippen LogP contribution in [0.4, 0.5) is 4.79 Å². The molecule has 1 aliphatic rings. The molecule has 3 aromatic carbocycles. The molecule has 184 valence electrons. The average Bonchev–Trinajstić information content (AvgIpc) is 3.13. The molecule has 1 aliphatic heterocycles. The van der Waals surface area contributed by atoms with Gasteiger partial charge in [-0.3, -0.25) is 14.5 Å². The van der Waals surface area contributed by atoms with Gasteiger partial charge in [0, 0.05) is 15.6 Å². The fraction of sp³-hybridized carbons (Fsp3) is 0.115. The predicted molar refractivity (Wildman–Crippen MR) is 139 cm³/mol. The van der Waals surface area contributed by atoms with Gasteiger partial charge in [0.15, 0.2) is 11.5 Å². The van der Waals surface area contributed by atoms with E-state index < -0.39 is 17.1 Å². The van der Waals surface area contributed by atoms with Crippen molar-refractivity contribution in [2.24, 2.45) is 0 Å². The lowest BCUT2D eigenvalue weighted by molar-refractivity contribution is -0.123. The second-order valence-corrected chi connectivity index (χ2v) is 9.28. The van der Waals surface area contributed by atoms with Crippen LogP contribution in [-0.2, 0) is 4.79 Å². The third-order valence-corrected chi connectivity index (χ3v) is 6.47. The SMILES string of the molecule is COc1cccc(/C=C2\SC(=O)N(CCOc3ccc(Cl)cc3)C2=O)c1OC(=O)c1ccc(Cl)cc1. The van der Waals surface area contributed by atoms with Gasteiger partial charge in [0.2, 0.25) is 0 Å². The molecule has 1 fully saturated rings. The molecular weight excluding hydrogens is 525 g/mol.